The van der Waals surface area contributed by atoms with Gasteiger partial charge in [0, 0.05) is 12.1 Å². The van der Waals surface area contributed by atoms with Crippen molar-refractivity contribution in [1.29, 1.82) is 0 Å². The smallest absolute Gasteiger partial charge is 0.329 e. The lowest BCUT2D eigenvalue weighted by Crippen LogP contribution is -2.37. The Morgan fingerprint density at radius 2 is 2.04 bits per heavy atom. The second-order valence-electron chi connectivity index (χ2n) is 4.65. The highest BCUT2D eigenvalue weighted by Crippen LogP contribution is 2.31. The average Bonchev–Trinajstić information content (AvgIpc) is 2.56. The summed E-state index contributed by atoms with van der Waals surface area (Å²) in [4.78, 5) is 22.8. The molecule has 0 bridgehead atoms. The van der Waals surface area contributed by atoms with Crippen LogP contribution in [0.3, 0.4) is 0 Å². The van der Waals surface area contributed by atoms with Crippen LogP contribution >= 0.6 is 0 Å². The number of hydrogen-bond acceptors (Lipinski definition) is 5. The minimum Gasteiger partial charge on any atom is -0.504 e. The number of hydrogen-bond donors (Lipinski definition) is 3. The number of nitrogens with one attached hydrogen (secondary N) is 2. The van der Waals surface area contributed by atoms with Gasteiger partial charge in [0.1, 0.15) is 0 Å². The third-order valence-corrected chi connectivity index (χ3v) is 2.83. The topological polar surface area (TPSA) is 100 Å². The van der Waals surface area contributed by atoms with Gasteiger partial charge >= 0.3 is 11.8 Å². The van der Waals surface area contributed by atoms with E-state index in [-0.39, 0.29) is 12.3 Å². The number of phenols is 1. The fraction of sp³-hybridized carbons (Fsp3) is 0.235. The average molecular weight is 331 g/mol. The van der Waals surface area contributed by atoms with E-state index in [1.807, 2.05) is 0 Å². The fourth-order valence-corrected chi connectivity index (χ4v) is 1.80. The second-order valence-corrected chi connectivity index (χ2v) is 4.65. The van der Waals surface area contributed by atoms with Crippen molar-refractivity contribution in [3.05, 3.63) is 48.6 Å². The summed E-state index contributed by atoms with van der Waals surface area (Å²) < 4.78 is 5.37. The van der Waals surface area contributed by atoms with Crippen LogP contribution in [0.15, 0.2) is 42.5 Å². The fourth-order valence-electron chi connectivity index (χ4n) is 1.80. The summed E-state index contributed by atoms with van der Waals surface area (Å²) in [6.07, 6.45) is 4.91. The molecule has 0 aliphatic heterocycles. The van der Waals surface area contributed by atoms with Crippen LogP contribution in [-0.2, 0) is 16.0 Å². The molecule has 0 radical (unpaired) electrons. The predicted octanol–water partition coefficient (Wildman–Crippen LogP) is 1.27. The summed E-state index contributed by atoms with van der Waals surface area (Å²) in [6, 6.07) is 3.27. The number of aromatic hydroxyl groups is 1. The number of allylic oxidation sites excluding steroid dienone is 1. The van der Waals surface area contributed by atoms with Crippen LogP contribution in [0, 0.1) is 0 Å². The van der Waals surface area contributed by atoms with Gasteiger partial charge in [0.05, 0.1) is 12.8 Å². The first kappa shape index (κ1) is 19.0. The van der Waals surface area contributed by atoms with Gasteiger partial charge in [-0.1, -0.05) is 12.2 Å². The molecule has 0 saturated heterocycles. The van der Waals surface area contributed by atoms with E-state index in [0.717, 1.165) is 0 Å². The van der Waals surface area contributed by atoms with E-state index >= 15 is 0 Å². The Morgan fingerprint density at radius 1 is 1.29 bits per heavy atom. The van der Waals surface area contributed by atoms with Crippen LogP contribution < -0.4 is 15.5 Å². The van der Waals surface area contributed by atoms with Gasteiger partial charge in [0.2, 0.25) is 0 Å². The third-order valence-electron chi connectivity index (χ3n) is 2.83. The Morgan fingerprint density at radius 3 is 2.67 bits per heavy atom. The number of hydrazone groups is 1. The lowest BCUT2D eigenvalue weighted by atomic mass is 10.1. The van der Waals surface area contributed by atoms with Crippen molar-refractivity contribution in [2.24, 2.45) is 5.10 Å². The number of carbonyl (C=O) groups is 2. The molecular weight excluding hydrogens is 310 g/mol. The van der Waals surface area contributed by atoms with Crippen molar-refractivity contribution in [3.63, 3.8) is 0 Å². The van der Waals surface area contributed by atoms with E-state index in [9.17, 15) is 14.7 Å². The van der Waals surface area contributed by atoms with Crippen molar-refractivity contribution in [1.82, 2.24) is 10.7 Å². The second kappa shape index (κ2) is 9.83. The Kier molecular flexibility index (Phi) is 7.77. The molecule has 0 heterocycles. The Balaban J connectivity index is 2.85. The predicted molar refractivity (Wildman–Crippen MR) is 92.1 cm³/mol. The summed E-state index contributed by atoms with van der Waals surface area (Å²) >= 11 is 0. The van der Waals surface area contributed by atoms with Gasteiger partial charge in [0.25, 0.3) is 0 Å². The molecule has 1 rings (SSSR count). The van der Waals surface area contributed by atoms with E-state index in [2.05, 4.69) is 29.0 Å². The Labute approximate surface area is 140 Å². The Bertz CT molecular complexity index is 653. The van der Waals surface area contributed by atoms with Gasteiger partial charge in [-0.3, -0.25) is 9.59 Å². The van der Waals surface area contributed by atoms with Gasteiger partial charge in [0.15, 0.2) is 11.5 Å². The highest BCUT2D eigenvalue weighted by atomic mass is 16.5. The molecular formula is C17H21N3O4. The van der Waals surface area contributed by atoms with Crippen LogP contribution in [0.25, 0.3) is 0 Å². The number of benzene rings is 1. The molecule has 0 aliphatic rings. The van der Waals surface area contributed by atoms with Crippen molar-refractivity contribution >= 4 is 18.0 Å². The van der Waals surface area contributed by atoms with Crippen molar-refractivity contribution in [3.8, 4) is 11.5 Å². The Hall–Kier alpha value is -3.09. The molecule has 0 atom stereocenters. The highest BCUT2D eigenvalue weighted by molar-refractivity contribution is 6.35. The summed E-state index contributed by atoms with van der Waals surface area (Å²) in [5, 5.41) is 16.2. The third kappa shape index (κ3) is 5.60. The molecule has 0 spiro atoms. The van der Waals surface area contributed by atoms with Gasteiger partial charge in [-0.25, -0.2) is 5.43 Å². The van der Waals surface area contributed by atoms with Crippen molar-refractivity contribution in [2.45, 2.75) is 13.3 Å². The zero-order chi connectivity index (χ0) is 17.9. The van der Waals surface area contributed by atoms with Crippen LogP contribution in [0.2, 0.25) is 0 Å². The van der Waals surface area contributed by atoms with Crippen LogP contribution in [0.5, 0.6) is 11.5 Å². The lowest BCUT2D eigenvalue weighted by molar-refractivity contribution is -0.139. The van der Waals surface area contributed by atoms with Crippen LogP contribution in [0.4, 0.5) is 0 Å². The number of carbonyl (C=O) groups excluding carboxylic acids is 2. The molecule has 7 heteroatoms. The molecule has 1 aromatic carbocycles. The SMILES string of the molecule is C=CCNC(=O)C(=O)N/N=C/c1cc(CC=C)c(O)c(OCC)c1. The first-order valence-corrected chi connectivity index (χ1v) is 7.35. The zero-order valence-electron chi connectivity index (χ0n) is 13.5. The normalized spacial score (nSPS) is 10.2. The number of ether oxygens (including phenoxy) is 1. The maximum atomic E-state index is 11.5. The molecule has 3 N–H and O–H groups in total. The van der Waals surface area contributed by atoms with Gasteiger partial charge in [-0.2, -0.15) is 5.10 Å². The molecule has 0 unspecified atom stereocenters. The molecule has 1 aromatic rings. The number of phenolic OH excluding ortho intramolecular Hbond substituents is 1. The minimum atomic E-state index is -0.886. The highest BCUT2D eigenvalue weighted by Gasteiger charge is 2.11. The first-order valence-electron chi connectivity index (χ1n) is 7.35. The van der Waals surface area contributed by atoms with E-state index in [4.69, 9.17) is 4.74 Å². The number of nitrogens with zero attached hydrogens (tertiary/aromatic N) is 1. The molecule has 0 fully saturated rings. The largest absolute Gasteiger partial charge is 0.504 e. The molecule has 128 valence electrons. The zero-order valence-corrected chi connectivity index (χ0v) is 13.5. The van der Waals surface area contributed by atoms with Crippen molar-refractivity contribution in [2.75, 3.05) is 13.2 Å². The maximum Gasteiger partial charge on any atom is 0.329 e. The molecule has 0 saturated carbocycles. The summed E-state index contributed by atoms with van der Waals surface area (Å²) in [5.41, 5.74) is 3.33. The minimum absolute atomic E-state index is 0.0433. The maximum absolute atomic E-state index is 11.5. The molecule has 24 heavy (non-hydrogen) atoms. The van der Waals surface area contributed by atoms with Gasteiger partial charge in [-0.15, -0.1) is 13.2 Å². The molecule has 0 aromatic heterocycles. The van der Waals surface area contributed by atoms with Gasteiger partial charge < -0.3 is 15.2 Å². The standard InChI is InChI=1S/C17H21N3O4/c1-4-7-13-9-12(10-14(15(13)21)24-6-3)11-19-20-17(23)16(22)18-8-5-2/h4-5,9-11,21H,1-2,6-8H2,3H3,(H,18,22)(H,20,23)/b19-11+. The van der Waals surface area contributed by atoms with Crippen LogP contribution in [-0.4, -0.2) is 36.3 Å². The number of rotatable bonds is 8. The van der Waals surface area contributed by atoms with Crippen LogP contribution in [0.1, 0.15) is 18.1 Å². The van der Waals surface area contributed by atoms with E-state index in [1.165, 1.54) is 12.3 Å². The number of amides is 2. The quantitative estimate of drug-likeness (QED) is 0.289. The van der Waals surface area contributed by atoms with Crippen molar-refractivity contribution < 1.29 is 19.4 Å². The summed E-state index contributed by atoms with van der Waals surface area (Å²) in [6.45, 7) is 9.45. The van der Waals surface area contributed by atoms with Gasteiger partial charge in [-0.05, 0) is 31.0 Å². The monoisotopic (exact) mass is 331 g/mol. The summed E-state index contributed by atoms with van der Waals surface area (Å²) in [7, 11) is 0. The van der Waals surface area contributed by atoms with E-state index in [0.29, 0.717) is 29.9 Å². The molecule has 7 nitrogen and oxygen atoms in total. The van der Waals surface area contributed by atoms with E-state index < -0.39 is 11.8 Å². The first-order chi connectivity index (χ1) is 11.5. The van der Waals surface area contributed by atoms with E-state index in [1.54, 1.807) is 25.1 Å². The molecule has 2 amide bonds. The summed E-state index contributed by atoms with van der Waals surface area (Å²) in [5.74, 6) is -1.33. The molecule has 0 aliphatic carbocycles. The lowest BCUT2D eigenvalue weighted by Gasteiger charge is -2.10.